The Hall–Kier alpha value is -3.72. The Kier molecular flexibility index (Phi) is 8.01. The summed E-state index contributed by atoms with van der Waals surface area (Å²) in [7, 11) is 3.07. The molecule has 0 fully saturated rings. The minimum Gasteiger partial charge on any atom is -0.493 e. The third kappa shape index (κ3) is 5.43. The van der Waals surface area contributed by atoms with Crippen LogP contribution in [-0.4, -0.2) is 41.4 Å². The number of rotatable bonds is 9. The Balaban J connectivity index is 1.92. The average Bonchev–Trinajstić information content (AvgIpc) is 2.83. The maximum absolute atomic E-state index is 13.4. The van der Waals surface area contributed by atoms with E-state index in [1.165, 1.54) is 35.9 Å². The normalized spacial score (nSPS) is 11.7. The average molecular weight is 470 g/mol. The van der Waals surface area contributed by atoms with Crippen LogP contribution in [-0.2, 0) is 17.8 Å². The Morgan fingerprint density at radius 2 is 1.82 bits per heavy atom. The van der Waals surface area contributed by atoms with E-state index in [2.05, 4.69) is 10.3 Å². The highest BCUT2D eigenvalue weighted by Crippen LogP contribution is 2.30. The number of carbonyl (C=O) groups is 1. The van der Waals surface area contributed by atoms with Crippen LogP contribution in [0, 0.1) is 12.7 Å². The van der Waals surface area contributed by atoms with Crippen molar-refractivity contribution in [3.63, 3.8) is 0 Å². The van der Waals surface area contributed by atoms with Crippen molar-refractivity contribution in [2.24, 2.45) is 0 Å². The van der Waals surface area contributed by atoms with Crippen LogP contribution >= 0.6 is 0 Å². The fourth-order valence-corrected chi connectivity index (χ4v) is 3.70. The number of methoxy groups -OCH3 is 2. The molecule has 0 saturated heterocycles. The first-order valence-corrected chi connectivity index (χ1v) is 10.8. The highest BCUT2D eigenvalue weighted by molar-refractivity contribution is 5.77. The Bertz CT molecular complexity index is 1220. The molecule has 1 aromatic heterocycles. The van der Waals surface area contributed by atoms with Crippen LogP contribution in [0.3, 0.4) is 0 Å². The molecule has 1 atom stereocenters. The van der Waals surface area contributed by atoms with Gasteiger partial charge in [0.2, 0.25) is 5.91 Å². The zero-order valence-corrected chi connectivity index (χ0v) is 19.6. The van der Waals surface area contributed by atoms with E-state index in [1.54, 1.807) is 26.2 Å². The largest absolute Gasteiger partial charge is 0.493 e. The van der Waals surface area contributed by atoms with Gasteiger partial charge >= 0.3 is 0 Å². The number of aliphatic hydroxyl groups is 1. The minimum atomic E-state index is -0.423. The number of aliphatic hydroxyl groups excluding tert-OH is 1. The van der Waals surface area contributed by atoms with Gasteiger partial charge in [-0.25, -0.2) is 9.37 Å². The van der Waals surface area contributed by atoms with Gasteiger partial charge in [-0.3, -0.25) is 14.2 Å². The van der Waals surface area contributed by atoms with Crippen LogP contribution < -0.4 is 20.3 Å². The zero-order valence-electron chi connectivity index (χ0n) is 19.6. The van der Waals surface area contributed by atoms with Crippen molar-refractivity contribution in [2.45, 2.75) is 32.9 Å². The van der Waals surface area contributed by atoms with E-state index in [0.717, 1.165) is 5.56 Å². The molecule has 3 rings (SSSR count). The highest BCUT2D eigenvalue weighted by atomic mass is 19.1. The molecule has 2 aromatic carbocycles. The molecule has 34 heavy (non-hydrogen) atoms. The van der Waals surface area contributed by atoms with Gasteiger partial charge in [0.15, 0.2) is 11.5 Å². The van der Waals surface area contributed by atoms with Gasteiger partial charge in [-0.05, 0) is 55.8 Å². The van der Waals surface area contributed by atoms with Crippen molar-refractivity contribution in [1.29, 1.82) is 0 Å². The molecule has 8 nitrogen and oxygen atoms in total. The molecule has 2 N–H and O–H groups in total. The van der Waals surface area contributed by atoms with E-state index in [9.17, 15) is 19.1 Å². The lowest BCUT2D eigenvalue weighted by Crippen LogP contribution is -2.36. The van der Waals surface area contributed by atoms with Crippen molar-refractivity contribution in [3.05, 3.63) is 75.5 Å². The summed E-state index contributed by atoms with van der Waals surface area (Å²) in [6, 6.07) is 10.5. The van der Waals surface area contributed by atoms with Gasteiger partial charge in [-0.1, -0.05) is 6.07 Å². The van der Waals surface area contributed by atoms with E-state index in [-0.39, 0.29) is 31.4 Å². The quantitative estimate of drug-likeness (QED) is 0.500. The summed E-state index contributed by atoms with van der Waals surface area (Å²) in [4.78, 5) is 30.7. The standard InChI is InChI=1S/C25H28FN3O5/c1-15(18-7-10-21(33-3)22(13-18)34-4)27-23(31)14-29-24(17-5-8-19(26)9-6-17)28-16(2)20(11-12-30)25(29)32/h5-10,13,15,30H,11-12,14H2,1-4H3,(H,27,31). The fraction of sp³-hybridized carbons (Fsp3) is 0.320. The summed E-state index contributed by atoms with van der Waals surface area (Å²) in [5.41, 5.74) is 1.65. The van der Waals surface area contributed by atoms with Gasteiger partial charge in [0, 0.05) is 29.8 Å². The van der Waals surface area contributed by atoms with Crippen molar-refractivity contribution in [1.82, 2.24) is 14.9 Å². The minimum absolute atomic E-state index is 0.116. The molecular formula is C25H28FN3O5. The SMILES string of the molecule is COc1ccc(C(C)NC(=O)Cn2c(-c3ccc(F)cc3)nc(C)c(CCO)c2=O)cc1OC. The number of hydrogen-bond acceptors (Lipinski definition) is 6. The number of aromatic nitrogens is 2. The van der Waals surface area contributed by atoms with Gasteiger partial charge < -0.3 is 19.9 Å². The second kappa shape index (κ2) is 10.9. The van der Waals surface area contributed by atoms with E-state index in [4.69, 9.17) is 9.47 Å². The Morgan fingerprint density at radius 1 is 1.15 bits per heavy atom. The summed E-state index contributed by atoms with van der Waals surface area (Å²) >= 11 is 0. The molecule has 0 aliphatic rings. The Morgan fingerprint density at radius 3 is 2.44 bits per heavy atom. The van der Waals surface area contributed by atoms with E-state index >= 15 is 0 Å². The van der Waals surface area contributed by atoms with E-state index < -0.39 is 17.3 Å². The van der Waals surface area contributed by atoms with E-state index in [1.807, 2.05) is 13.0 Å². The number of nitrogens with zero attached hydrogens (tertiary/aromatic N) is 2. The third-order valence-corrected chi connectivity index (χ3v) is 5.52. The molecule has 1 heterocycles. The number of halogens is 1. The first kappa shape index (κ1) is 24.9. The summed E-state index contributed by atoms with van der Waals surface area (Å²) < 4.78 is 25.3. The maximum Gasteiger partial charge on any atom is 0.257 e. The third-order valence-electron chi connectivity index (χ3n) is 5.52. The van der Waals surface area contributed by atoms with Gasteiger partial charge in [0.25, 0.3) is 5.56 Å². The lowest BCUT2D eigenvalue weighted by Gasteiger charge is -2.19. The number of ether oxygens (including phenoxy) is 2. The molecule has 3 aromatic rings. The summed E-state index contributed by atoms with van der Waals surface area (Å²) in [6.45, 7) is 2.96. The van der Waals surface area contributed by atoms with Gasteiger partial charge in [-0.2, -0.15) is 0 Å². The number of amides is 1. The topological polar surface area (TPSA) is 103 Å². The van der Waals surface area contributed by atoms with Crippen molar-refractivity contribution < 1.29 is 23.8 Å². The van der Waals surface area contributed by atoms with Crippen LogP contribution in [0.2, 0.25) is 0 Å². The van der Waals surface area contributed by atoms with Crippen LogP contribution in [0.4, 0.5) is 4.39 Å². The zero-order chi connectivity index (χ0) is 24.8. The number of hydrogen-bond donors (Lipinski definition) is 2. The number of benzene rings is 2. The second-order valence-corrected chi connectivity index (χ2v) is 7.77. The first-order valence-electron chi connectivity index (χ1n) is 10.8. The van der Waals surface area contributed by atoms with Gasteiger partial charge in [-0.15, -0.1) is 0 Å². The van der Waals surface area contributed by atoms with Crippen molar-refractivity contribution in [3.8, 4) is 22.9 Å². The molecule has 0 aliphatic carbocycles. The summed E-state index contributed by atoms with van der Waals surface area (Å²) in [5, 5.41) is 12.2. The van der Waals surface area contributed by atoms with Crippen LogP contribution in [0.1, 0.15) is 29.8 Å². The molecule has 0 radical (unpaired) electrons. The smallest absolute Gasteiger partial charge is 0.257 e. The molecule has 1 amide bonds. The molecular weight excluding hydrogens is 441 g/mol. The Labute approximate surface area is 197 Å². The predicted octanol–water partition coefficient (Wildman–Crippen LogP) is 2.79. The maximum atomic E-state index is 13.4. The molecule has 0 spiro atoms. The first-order chi connectivity index (χ1) is 16.3. The summed E-state index contributed by atoms with van der Waals surface area (Å²) in [5.74, 6) is 0.522. The van der Waals surface area contributed by atoms with Crippen LogP contribution in [0.25, 0.3) is 11.4 Å². The molecule has 0 saturated carbocycles. The lowest BCUT2D eigenvalue weighted by molar-refractivity contribution is -0.122. The fourth-order valence-electron chi connectivity index (χ4n) is 3.70. The monoisotopic (exact) mass is 469 g/mol. The molecule has 0 bridgehead atoms. The van der Waals surface area contributed by atoms with Gasteiger partial charge in [0.1, 0.15) is 18.2 Å². The van der Waals surface area contributed by atoms with Crippen LogP contribution in [0.15, 0.2) is 47.3 Å². The number of nitrogens with one attached hydrogen (secondary N) is 1. The molecule has 9 heteroatoms. The second-order valence-electron chi connectivity index (χ2n) is 7.77. The van der Waals surface area contributed by atoms with Gasteiger partial charge in [0.05, 0.1) is 20.3 Å². The number of aryl methyl sites for hydroxylation is 1. The molecule has 0 aliphatic heterocycles. The molecule has 180 valence electrons. The lowest BCUT2D eigenvalue weighted by atomic mass is 10.1. The summed E-state index contributed by atoms with van der Waals surface area (Å²) in [6.07, 6.45) is 0.116. The van der Waals surface area contributed by atoms with Crippen molar-refractivity contribution in [2.75, 3.05) is 20.8 Å². The van der Waals surface area contributed by atoms with E-state index in [0.29, 0.717) is 28.3 Å². The number of carbonyl (C=O) groups excluding carboxylic acids is 1. The van der Waals surface area contributed by atoms with Crippen molar-refractivity contribution >= 4 is 5.91 Å². The molecule has 1 unspecified atom stereocenters. The highest BCUT2D eigenvalue weighted by Gasteiger charge is 2.19. The predicted molar refractivity (Wildman–Crippen MR) is 126 cm³/mol. The van der Waals surface area contributed by atoms with Crippen LogP contribution in [0.5, 0.6) is 11.5 Å².